The summed E-state index contributed by atoms with van der Waals surface area (Å²) in [5, 5.41) is 3.15. The van der Waals surface area contributed by atoms with E-state index in [0.717, 1.165) is 0 Å². The first-order valence-electron chi connectivity index (χ1n) is 5.22. The number of hydrogen-bond acceptors (Lipinski definition) is 3. The second kappa shape index (κ2) is 5.84. The maximum atomic E-state index is 11.8. The van der Waals surface area contributed by atoms with Crippen molar-refractivity contribution in [2.45, 2.75) is 6.54 Å². The Kier molecular flexibility index (Phi) is 4.17. The summed E-state index contributed by atoms with van der Waals surface area (Å²) in [6.07, 6.45) is 5.20. The van der Waals surface area contributed by atoms with E-state index in [1.807, 2.05) is 10.8 Å². The van der Waals surface area contributed by atoms with E-state index in [0.29, 0.717) is 18.7 Å². The van der Waals surface area contributed by atoms with Gasteiger partial charge in [0.2, 0.25) is 0 Å². The predicted molar refractivity (Wildman–Crippen MR) is 68.8 cm³/mol. The van der Waals surface area contributed by atoms with Gasteiger partial charge >= 0.3 is 0 Å². The third-order valence-corrected chi connectivity index (χ3v) is 2.63. The molecular formula is C11H10Cl2N4O. The lowest BCUT2D eigenvalue weighted by molar-refractivity contribution is 0.0952. The first-order valence-corrected chi connectivity index (χ1v) is 5.98. The summed E-state index contributed by atoms with van der Waals surface area (Å²) < 4.78 is 1.87. The molecule has 0 bridgehead atoms. The van der Waals surface area contributed by atoms with Gasteiger partial charge in [-0.1, -0.05) is 23.2 Å². The largest absolute Gasteiger partial charge is 0.350 e. The SMILES string of the molecule is O=C(NCCn1ccnc1)c1cc(Cl)nc(Cl)c1. The molecule has 0 spiro atoms. The monoisotopic (exact) mass is 284 g/mol. The van der Waals surface area contributed by atoms with Gasteiger partial charge < -0.3 is 9.88 Å². The number of aromatic nitrogens is 3. The Bertz CT molecular complexity index is 522. The normalized spacial score (nSPS) is 10.3. The van der Waals surface area contributed by atoms with Crippen molar-refractivity contribution in [3.63, 3.8) is 0 Å². The maximum absolute atomic E-state index is 11.8. The number of amides is 1. The fourth-order valence-corrected chi connectivity index (χ4v) is 1.88. The van der Waals surface area contributed by atoms with Gasteiger partial charge in [-0.2, -0.15) is 0 Å². The number of hydrogen-bond donors (Lipinski definition) is 1. The van der Waals surface area contributed by atoms with Crippen LogP contribution in [-0.4, -0.2) is 27.0 Å². The van der Waals surface area contributed by atoms with E-state index in [1.54, 1.807) is 12.5 Å². The molecule has 0 radical (unpaired) electrons. The molecule has 2 heterocycles. The summed E-state index contributed by atoms with van der Waals surface area (Å²) in [6, 6.07) is 2.94. The number of halogens is 2. The molecule has 0 aliphatic rings. The summed E-state index contributed by atoms with van der Waals surface area (Å²) >= 11 is 11.4. The van der Waals surface area contributed by atoms with Crippen LogP contribution >= 0.6 is 23.2 Å². The molecule has 5 nitrogen and oxygen atoms in total. The van der Waals surface area contributed by atoms with Crippen molar-refractivity contribution in [3.8, 4) is 0 Å². The van der Waals surface area contributed by atoms with Crippen molar-refractivity contribution >= 4 is 29.1 Å². The summed E-state index contributed by atoms with van der Waals surface area (Å²) in [5.41, 5.74) is 0.394. The molecule has 7 heteroatoms. The van der Waals surface area contributed by atoms with Crippen LogP contribution in [0.15, 0.2) is 30.9 Å². The van der Waals surface area contributed by atoms with Gasteiger partial charge in [-0.3, -0.25) is 4.79 Å². The number of nitrogens with zero attached hydrogens (tertiary/aromatic N) is 3. The van der Waals surface area contributed by atoms with Crippen LogP contribution in [0, 0.1) is 0 Å². The number of carbonyl (C=O) groups excluding carboxylic acids is 1. The molecule has 0 aliphatic carbocycles. The molecular weight excluding hydrogens is 275 g/mol. The molecule has 0 fully saturated rings. The molecule has 0 saturated carbocycles. The van der Waals surface area contributed by atoms with Gasteiger partial charge in [0.25, 0.3) is 5.91 Å². The lowest BCUT2D eigenvalue weighted by Crippen LogP contribution is -2.27. The molecule has 0 aromatic carbocycles. The predicted octanol–water partition coefficient (Wildman–Crippen LogP) is 2.01. The number of imidazole rings is 1. The zero-order chi connectivity index (χ0) is 13.0. The highest BCUT2D eigenvalue weighted by atomic mass is 35.5. The van der Waals surface area contributed by atoms with E-state index in [9.17, 15) is 4.79 Å². The minimum absolute atomic E-state index is 0.197. The lowest BCUT2D eigenvalue weighted by atomic mass is 10.2. The Hall–Kier alpha value is -1.59. The molecule has 1 amide bonds. The molecule has 18 heavy (non-hydrogen) atoms. The minimum atomic E-state index is -0.235. The van der Waals surface area contributed by atoms with Gasteiger partial charge in [-0.25, -0.2) is 9.97 Å². The van der Waals surface area contributed by atoms with Crippen LogP contribution in [0.2, 0.25) is 10.3 Å². The first-order chi connectivity index (χ1) is 8.65. The van der Waals surface area contributed by atoms with Crippen LogP contribution in [0.25, 0.3) is 0 Å². The Morgan fingerprint density at radius 3 is 2.67 bits per heavy atom. The van der Waals surface area contributed by atoms with Crippen molar-refractivity contribution in [3.05, 3.63) is 46.7 Å². The van der Waals surface area contributed by atoms with Gasteiger partial charge in [-0.15, -0.1) is 0 Å². The van der Waals surface area contributed by atoms with E-state index in [2.05, 4.69) is 15.3 Å². The Morgan fingerprint density at radius 1 is 1.33 bits per heavy atom. The van der Waals surface area contributed by atoms with Crippen molar-refractivity contribution in [1.82, 2.24) is 19.9 Å². The number of carbonyl (C=O) groups is 1. The van der Waals surface area contributed by atoms with Crippen LogP contribution < -0.4 is 5.32 Å². The van der Waals surface area contributed by atoms with Gasteiger partial charge in [-0.05, 0) is 12.1 Å². The highest BCUT2D eigenvalue weighted by molar-refractivity contribution is 6.33. The summed E-state index contributed by atoms with van der Waals surface area (Å²) in [6.45, 7) is 1.14. The molecule has 2 aromatic heterocycles. The number of nitrogens with one attached hydrogen (secondary N) is 1. The van der Waals surface area contributed by atoms with Crippen molar-refractivity contribution in [1.29, 1.82) is 0 Å². The van der Waals surface area contributed by atoms with Crippen molar-refractivity contribution in [2.24, 2.45) is 0 Å². The average Bonchev–Trinajstić information content (AvgIpc) is 2.80. The van der Waals surface area contributed by atoms with Gasteiger partial charge in [0.05, 0.1) is 6.33 Å². The quantitative estimate of drug-likeness (QED) is 0.874. The van der Waals surface area contributed by atoms with Crippen LogP contribution in [-0.2, 0) is 6.54 Å². The Morgan fingerprint density at radius 2 is 2.06 bits per heavy atom. The smallest absolute Gasteiger partial charge is 0.251 e. The minimum Gasteiger partial charge on any atom is -0.350 e. The highest BCUT2D eigenvalue weighted by Gasteiger charge is 2.07. The number of rotatable bonds is 4. The van der Waals surface area contributed by atoms with Crippen LogP contribution in [0.4, 0.5) is 0 Å². The van der Waals surface area contributed by atoms with E-state index in [-0.39, 0.29) is 16.2 Å². The van der Waals surface area contributed by atoms with Gasteiger partial charge in [0.1, 0.15) is 10.3 Å². The van der Waals surface area contributed by atoms with Crippen LogP contribution in [0.3, 0.4) is 0 Å². The van der Waals surface area contributed by atoms with Crippen LogP contribution in [0.1, 0.15) is 10.4 Å². The van der Waals surface area contributed by atoms with Crippen LogP contribution in [0.5, 0.6) is 0 Å². The third-order valence-electron chi connectivity index (χ3n) is 2.24. The van der Waals surface area contributed by atoms with E-state index >= 15 is 0 Å². The second-order valence-electron chi connectivity index (χ2n) is 3.56. The summed E-state index contributed by atoms with van der Waals surface area (Å²) in [5.74, 6) is -0.235. The first kappa shape index (κ1) is 12.9. The standard InChI is InChI=1S/C11H10Cl2N4O/c12-9-5-8(6-10(13)16-9)11(18)15-2-4-17-3-1-14-7-17/h1,3,5-7H,2,4H2,(H,15,18). The molecule has 0 atom stereocenters. The van der Waals surface area contributed by atoms with Crippen molar-refractivity contribution < 1.29 is 4.79 Å². The molecule has 1 N–H and O–H groups in total. The maximum Gasteiger partial charge on any atom is 0.251 e. The Balaban J connectivity index is 1.91. The molecule has 0 saturated heterocycles. The molecule has 0 unspecified atom stereocenters. The highest BCUT2D eigenvalue weighted by Crippen LogP contribution is 2.14. The second-order valence-corrected chi connectivity index (χ2v) is 4.33. The molecule has 94 valence electrons. The molecule has 2 rings (SSSR count). The molecule has 0 aliphatic heterocycles. The van der Waals surface area contributed by atoms with E-state index in [1.165, 1.54) is 12.1 Å². The zero-order valence-corrected chi connectivity index (χ0v) is 10.8. The van der Waals surface area contributed by atoms with E-state index in [4.69, 9.17) is 23.2 Å². The van der Waals surface area contributed by atoms with Crippen molar-refractivity contribution in [2.75, 3.05) is 6.54 Å². The fourth-order valence-electron chi connectivity index (χ4n) is 1.42. The number of pyridine rings is 1. The molecule has 2 aromatic rings. The van der Waals surface area contributed by atoms with Gasteiger partial charge in [0, 0.05) is 31.0 Å². The fraction of sp³-hybridized carbons (Fsp3) is 0.182. The zero-order valence-electron chi connectivity index (χ0n) is 9.31. The topological polar surface area (TPSA) is 59.8 Å². The Labute approximate surface area is 114 Å². The average molecular weight is 285 g/mol. The summed E-state index contributed by atoms with van der Waals surface area (Å²) in [4.78, 5) is 19.5. The lowest BCUT2D eigenvalue weighted by Gasteiger charge is -2.06. The van der Waals surface area contributed by atoms with Gasteiger partial charge in [0.15, 0.2) is 0 Å². The van der Waals surface area contributed by atoms with E-state index < -0.39 is 0 Å². The third kappa shape index (κ3) is 3.45. The summed E-state index contributed by atoms with van der Waals surface area (Å²) in [7, 11) is 0.